The number of rotatable bonds is 1. The molecule has 3 atom stereocenters. The number of carbonyl (C=O) groups is 1. The second kappa shape index (κ2) is 4.36. The number of piperidine rings is 1. The van der Waals surface area contributed by atoms with Gasteiger partial charge in [0.1, 0.15) is 6.10 Å². The van der Waals surface area contributed by atoms with Crippen molar-refractivity contribution in [3.63, 3.8) is 0 Å². The summed E-state index contributed by atoms with van der Waals surface area (Å²) in [5.74, 6) is 1.08. The summed E-state index contributed by atoms with van der Waals surface area (Å²) >= 11 is 0. The lowest BCUT2D eigenvalue weighted by atomic mass is 9.91. The lowest BCUT2D eigenvalue weighted by Gasteiger charge is -2.38. The van der Waals surface area contributed by atoms with Crippen molar-refractivity contribution in [1.29, 1.82) is 0 Å². The molecular weight excluding hydrogens is 202 g/mol. The Hall–Kier alpha value is -0.570. The molecular formula is C13H21NO2. The summed E-state index contributed by atoms with van der Waals surface area (Å²) in [4.78, 5) is 14.5. The number of hydrogen-bond acceptors (Lipinski definition) is 2. The Balaban J connectivity index is 1.70. The van der Waals surface area contributed by atoms with E-state index in [2.05, 4.69) is 4.90 Å². The van der Waals surface area contributed by atoms with E-state index in [0.29, 0.717) is 6.04 Å². The highest BCUT2D eigenvalue weighted by Crippen LogP contribution is 2.37. The van der Waals surface area contributed by atoms with E-state index in [1.54, 1.807) is 0 Å². The Morgan fingerprint density at radius 2 is 1.94 bits per heavy atom. The van der Waals surface area contributed by atoms with Gasteiger partial charge in [-0.05, 0) is 44.4 Å². The fourth-order valence-electron chi connectivity index (χ4n) is 3.68. The van der Waals surface area contributed by atoms with E-state index in [9.17, 15) is 4.79 Å². The number of nitrogens with zero attached hydrogens (tertiary/aromatic N) is 1. The second-order valence-corrected chi connectivity index (χ2v) is 5.43. The molecule has 1 saturated carbocycles. The van der Waals surface area contributed by atoms with E-state index in [4.69, 9.17) is 4.74 Å². The number of hydrogen-bond donors (Lipinski definition) is 0. The number of fused-ring (bicyclic) bond motifs is 1. The van der Waals surface area contributed by atoms with Crippen LogP contribution in [0.15, 0.2) is 0 Å². The zero-order valence-electron chi connectivity index (χ0n) is 9.86. The average molecular weight is 223 g/mol. The van der Waals surface area contributed by atoms with Crippen LogP contribution in [0.2, 0.25) is 0 Å². The van der Waals surface area contributed by atoms with Gasteiger partial charge in [-0.2, -0.15) is 0 Å². The molecule has 0 aromatic carbocycles. The van der Waals surface area contributed by atoms with Crippen molar-refractivity contribution in [2.45, 2.75) is 57.1 Å². The molecule has 0 spiro atoms. The molecule has 1 amide bonds. The molecule has 1 aliphatic carbocycles. The van der Waals surface area contributed by atoms with Crippen LogP contribution < -0.4 is 0 Å². The first-order valence-electron chi connectivity index (χ1n) is 6.78. The molecule has 90 valence electrons. The summed E-state index contributed by atoms with van der Waals surface area (Å²) in [6.07, 6.45) is 8.28. The van der Waals surface area contributed by atoms with Crippen LogP contribution in [-0.2, 0) is 9.53 Å². The van der Waals surface area contributed by atoms with Gasteiger partial charge in [0.15, 0.2) is 0 Å². The van der Waals surface area contributed by atoms with Crippen molar-refractivity contribution in [2.24, 2.45) is 5.92 Å². The van der Waals surface area contributed by atoms with Crippen LogP contribution in [0.5, 0.6) is 0 Å². The Morgan fingerprint density at radius 1 is 1.06 bits per heavy atom. The van der Waals surface area contributed by atoms with E-state index in [-0.39, 0.29) is 12.0 Å². The topological polar surface area (TPSA) is 29.5 Å². The fourth-order valence-corrected chi connectivity index (χ4v) is 3.68. The molecule has 0 aromatic rings. The average Bonchev–Trinajstić information content (AvgIpc) is 2.98. The molecule has 3 fully saturated rings. The molecule has 0 aromatic heterocycles. The van der Waals surface area contributed by atoms with E-state index < -0.39 is 0 Å². The second-order valence-electron chi connectivity index (χ2n) is 5.43. The smallest absolute Gasteiger partial charge is 0.251 e. The van der Waals surface area contributed by atoms with Crippen molar-refractivity contribution in [2.75, 3.05) is 13.2 Å². The van der Waals surface area contributed by atoms with Crippen LogP contribution >= 0.6 is 0 Å². The third-order valence-corrected chi connectivity index (χ3v) is 4.48. The van der Waals surface area contributed by atoms with E-state index in [1.165, 1.54) is 32.1 Å². The maximum Gasteiger partial charge on any atom is 0.251 e. The molecule has 0 N–H and O–H groups in total. The SMILES string of the molecule is O=C(C1CCCO1)N1CCCC2CCCC21. The van der Waals surface area contributed by atoms with Crippen molar-refractivity contribution in [1.82, 2.24) is 4.90 Å². The van der Waals surface area contributed by atoms with Crippen LogP contribution in [0, 0.1) is 5.92 Å². The molecule has 3 unspecified atom stereocenters. The highest BCUT2D eigenvalue weighted by molar-refractivity contribution is 5.81. The summed E-state index contributed by atoms with van der Waals surface area (Å²) in [6.45, 7) is 1.75. The van der Waals surface area contributed by atoms with Gasteiger partial charge < -0.3 is 9.64 Å². The maximum absolute atomic E-state index is 12.3. The zero-order valence-corrected chi connectivity index (χ0v) is 9.86. The summed E-state index contributed by atoms with van der Waals surface area (Å²) in [5.41, 5.74) is 0. The van der Waals surface area contributed by atoms with Crippen LogP contribution in [0.3, 0.4) is 0 Å². The Morgan fingerprint density at radius 3 is 2.75 bits per heavy atom. The summed E-state index contributed by atoms with van der Waals surface area (Å²) in [5, 5.41) is 0. The largest absolute Gasteiger partial charge is 0.368 e. The lowest BCUT2D eigenvalue weighted by molar-refractivity contribution is -0.145. The first-order valence-corrected chi connectivity index (χ1v) is 6.78. The highest BCUT2D eigenvalue weighted by Gasteiger charge is 2.40. The highest BCUT2D eigenvalue weighted by atomic mass is 16.5. The standard InChI is InChI=1S/C13H21NO2/c15-13(12-7-3-9-16-12)14-8-2-5-10-4-1-6-11(10)14/h10-12H,1-9H2. The van der Waals surface area contributed by atoms with Crippen molar-refractivity contribution >= 4 is 5.91 Å². The van der Waals surface area contributed by atoms with Gasteiger partial charge in [-0.1, -0.05) is 6.42 Å². The Labute approximate surface area is 97.1 Å². The van der Waals surface area contributed by atoms with Crippen molar-refractivity contribution in [3.05, 3.63) is 0 Å². The van der Waals surface area contributed by atoms with Crippen LogP contribution in [0.25, 0.3) is 0 Å². The predicted octanol–water partition coefficient (Wildman–Crippen LogP) is 1.96. The first-order chi connectivity index (χ1) is 7.86. The third kappa shape index (κ3) is 1.75. The molecule has 2 heterocycles. The van der Waals surface area contributed by atoms with Gasteiger partial charge in [-0.15, -0.1) is 0 Å². The monoisotopic (exact) mass is 223 g/mol. The first kappa shape index (κ1) is 10.6. The molecule has 2 saturated heterocycles. The molecule has 3 nitrogen and oxygen atoms in total. The maximum atomic E-state index is 12.3. The minimum absolute atomic E-state index is 0.112. The van der Waals surface area contributed by atoms with E-state index in [0.717, 1.165) is 31.9 Å². The predicted molar refractivity (Wildman–Crippen MR) is 61.1 cm³/mol. The van der Waals surface area contributed by atoms with Crippen molar-refractivity contribution in [3.8, 4) is 0 Å². The molecule has 3 heteroatoms. The van der Waals surface area contributed by atoms with Crippen LogP contribution in [-0.4, -0.2) is 36.1 Å². The molecule has 3 rings (SSSR count). The lowest BCUT2D eigenvalue weighted by Crippen LogP contribution is -2.49. The normalized spacial score (nSPS) is 38.8. The molecule has 0 radical (unpaired) electrons. The van der Waals surface area contributed by atoms with Gasteiger partial charge in [0.05, 0.1) is 0 Å². The minimum atomic E-state index is -0.112. The van der Waals surface area contributed by atoms with Gasteiger partial charge in [0.2, 0.25) is 0 Å². The van der Waals surface area contributed by atoms with E-state index >= 15 is 0 Å². The van der Waals surface area contributed by atoms with Gasteiger partial charge in [0.25, 0.3) is 5.91 Å². The Kier molecular flexibility index (Phi) is 2.88. The number of carbonyl (C=O) groups excluding carboxylic acids is 1. The van der Waals surface area contributed by atoms with Gasteiger partial charge >= 0.3 is 0 Å². The van der Waals surface area contributed by atoms with E-state index in [1.807, 2.05) is 0 Å². The molecule has 3 aliphatic rings. The summed E-state index contributed by atoms with van der Waals surface area (Å²) < 4.78 is 5.53. The Bertz CT molecular complexity index is 273. The van der Waals surface area contributed by atoms with Gasteiger partial charge in [-0.3, -0.25) is 4.79 Å². The van der Waals surface area contributed by atoms with Crippen LogP contribution in [0.1, 0.15) is 44.9 Å². The molecule has 16 heavy (non-hydrogen) atoms. The zero-order chi connectivity index (χ0) is 11.0. The molecule has 2 aliphatic heterocycles. The van der Waals surface area contributed by atoms with Gasteiger partial charge in [0, 0.05) is 19.2 Å². The third-order valence-electron chi connectivity index (χ3n) is 4.48. The van der Waals surface area contributed by atoms with Crippen molar-refractivity contribution < 1.29 is 9.53 Å². The number of amides is 1. The summed E-state index contributed by atoms with van der Waals surface area (Å²) in [6, 6.07) is 0.547. The number of ether oxygens (including phenoxy) is 1. The minimum Gasteiger partial charge on any atom is -0.368 e. The van der Waals surface area contributed by atoms with Gasteiger partial charge in [-0.25, -0.2) is 0 Å². The fraction of sp³-hybridized carbons (Fsp3) is 0.923. The quantitative estimate of drug-likeness (QED) is 0.680. The number of likely N-dealkylation sites (tertiary alicyclic amines) is 1. The summed E-state index contributed by atoms with van der Waals surface area (Å²) in [7, 11) is 0. The van der Waals surface area contributed by atoms with Crippen LogP contribution in [0.4, 0.5) is 0 Å². The molecule has 0 bridgehead atoms.